The van der Waals surface area contributed by atoms with Gasteiger partial charge in [0.1, 0.15) is 5.82 Å². The average Bonchev–Trinajstić information content (AvgIpc) is 2.75. The molecule has 0 unspecified atom stereocenters. The number of rotatable bonds is 6. The highest BCUT2D eigenvalue weighted by Gasteiger charge is 2.16. The molecule has 1 aromatic carbocycles. The Balaban J connectivity index is 1.64. The molecule has 1 fully saturated rings. The largest absolute Gasteiger partial charge is 0.494 e. The van der Waals surface area contributed by atoms with Gasteiger partial charge in [-0.25, -0.2) is 9.37 Å². The van der Waals surface area contributed by atoms with Crippen molar-refractivity contribution in [3.05, 3.63) is 54.6 Å². The van der Waals surface area contributed by atoms with Crippen LogP contribution in [0.4, 0.5) is 21.8 Å². The first-order chi connectivity index (χ1) is 14.2. The summed E-state index contributed by atoms with van der Waals surface area (Å²) in [5.74, 6) is 0.921. The number of pyridine rings is 1. The van der Waals surface area contributed by atoms with Crippen molar-refractivity contribution in [3.8, 4) is 17.0 Å². The molecule has 1 saturated carbocycles. The number of benzene rings is 1. The third kappa shape index (κ3) is 4.80. The number of methoxy groups -OCH3 is 1. The van der Waals surface area contributed by atoms with Crippen molar-refractivity contribution in [2.75, 3.05) is 17.7 Å². The van der Waals surface area contributed by atoms with Crippen molar-refractivity contribution < 1.29 is 9.13 Å². The van der Waals surface area contributed by atoms with Gasteiger partial charge in [0.15, 0.2) is 11.6 Å². The minimum Gasteiger partial charge on any atom is -0.494 e. The highest BCUT2D eigenvalue weighted by Crippen LogP contribution is 2.27. The van der Waals surface area contributed by atoms with Gasteiger partial charge in [0.05, 0.1) is 12.8 Å². The zero-order valence-corrected chi connectivity index (χ0v) is 16.4. The average molecular weight is 393 g/mol. The van der Waals surface area contributed by atoms with Crippen LogP contribution in [-0.2, 0) is 0 Å². The number of hydrogen-bond donors (Lipinski definition) is 2. The molecular weight excluding hydrogens is 369 g/mol. The quantitative estimate of drug-likeness (QED) is 0.602. The van der Waals surface area contributed by atoms with Crippen molar-refractivity contribution in [3.63, 3.8) is 0 Å². The topological polar surface area (TPSA) is 72.0 Å². The van der Waals surface area contributed by atoms with Gasteiger partial charge < -0.3 is 15.4 Å². The predicted octanol–water partition coefficient (Wildman–Crippen LogP) is 5.17. The Morgan fingerprint density at radius 2 is 1.93 bits per heavy atom. The summed E-state index contributed by atoms with van der Waals surface area (Å²) in [6, 6.07) is 10.8. The lowest BCUT2D eigenvalue weighted by Gasteiger charge is -2.23. The van der Waals surface area contributed by atoms with Crippen LogP contribution in [0.2, 0.25) is 0 Å². The molecule has 2 heterocycles. The van der Waals surface area contributed by atoms with Crippen LogP contribution in [-0.4, -0.2) is 28.1 Å². The van der Waals surface area contributed by atoms with Gasteiger partial charge in [0.25, 0.3) is 0 Å². The second-order valence-electron chi connectivity index (χ2n) is 7.16. The number of aromatic nitrogens is 3. The molecule has 0 bridgehead atoms. The van der Waals surface area contributed by atoms with E-state index in [0.29, 0.717) is 23.5 Å². The van der Waals surface area contributed by atoms with E-state index in [-0.39, 0.29) is 5.75 Å². The Bertz CT molecular complexity index is 961. The number of ether oxygens (including phenoxy) is 1. The van der Waals surface area contributed by atoms with Crippen molar-refractivity contribution in [1.82, 2.24) is 15.0 Å². The summed E-state index contributed by atoms with van der Waals surface area (Å²) in [6.45, 7) is 0. The second kappa shape index (κ2) is 8.86. The number of halogens is 1. The summed E-state index contributed by atoms with van der Waals surface area (Å²) in [7, 11) is 1.44. The molecule has 0 amide bonds. The van der Waals surface area contributed by atoms with Crippen LogP contribution in [0, 0.1) is 5.82 Å². The summed E-state index contributed by atoms with van der Waals surface area (Å²) < 4.78 is 19.1. The predicted molar refractivity (Wildman–Crippen MR) is 112 cm³/mol. The van der Waals surface area contributed by atoms with E-state index in [2.05, 4.69) is 25.6 Å². The first-order valence-electron chi connectivity index (χ1n) is 9.88. The van der Waals surface area contributed by atoms with Crippen molar-refractivity contribution >= 4 is 17.5 Å². The smallest absolute Gasteiger partial charge is 0.225 e. The third-order valence-electron chi connectivity index (χ3n) is 5.05. The lowest BCUT2D eigenvalue weighted by molar-refractivity contribution is 0.386. The second-order valence-corrected chi connectivity index (χ2v) is 7.16. The summed E-state index contributed by atoms with van der Waals surface area (Å²) in [5, 5.41) is 6.65. The van der Waals surface area contributed by atoms with Crippen LogP contribution in [0.5, 0.6) is 5.75 Å². The molecule has 3 aromatic rings. The maximum absolute atomic E-state index is 14.1. The van der Waals surface area contributed by atoms with Crippen molar-refractivity contribution in [2.24, 2.45) is 0 Å². The van der Waals surface area contributed by atoms with E-state index < -0.39 is 5.82 Å². The molecule has 0 spiro atoms. The number of hydrogen-bond acceptors (Lipinski definition) is 6. The van der Waals surface area contributed by atoms with E-state index in [1.807, 2.05) is 18.2 Å². The van der Waals surface area contributed by atoms with Crippen molar-refractivity contribution in [2.45, 2.75) is 38.1 Å². The number of nitrogens with zero attached hydrogens (tertiary/aromatic N) is 3. The molecule has 0 aliphatic heterocycles. The van der Waals surface area contributed by atoms with E-state index in [1.165, 1.54) is 32.4 Å². The van der Waals surface area contributed by atoms with Gasteiger partial charge in [-0.3, -0.25) is 4.98 Å². The summed E-state index contributed by atoms with van der Waals surface area (Å²) in [5.41, 5.74) is 2.23. The lowest BCUT2D eigenvalue weighted by atomic mass is 9.96. The van der Waals surface area contributed by atoms with Crippen LogP contribution >= 0.6 is 0 Å². The third-order valence-corrected chi connectivity index (χ3v) is 5.05. The molecule has 7 heteroatoms. The van der Waals surface area contributed by atoms with E-state index in [4.69, 9.17) is 4.74 Å². The fraction of sp³-hybridized carbons (Fsp3) is 0.318. The summed E-state index contributed by atoms with van der Waals surface area (Å²) in [6.07, 6.45) is 9.45. The molecular formula is C22H24FN5O. The molecule has 2 N–H and O–H groups in total. The molecule has 150 valence electrons. The highest BCUT2D eigenvalue weighted by atomic mass is 19.1. The van der Waals surface area contributed by atoms with Gasteiger partial charge in [-0.15, -0.1) is 0 Å². The molecule has 0 saturated heterocycles. The standard InChI is InChI=1S/C22H24FN5O/c1-29-20-10-9-17(12-18(20)23)25-21-13-19(15-6-5-11-24-14-15)27-22(28-21)26-16-7-3-2-4-8-16/h5-6,9-14,16H,2-4,7-8H2,1H3,(H2,25,26,27,28). The van der Waals surface area contributed by atoms with E-state index in [1.54, 1.807) is 24.5 Å². The summed E-state index contributed by atoms with van der Waals surface area (Å²) in [4.78, 5) is 13.5. The zero-order valence-electron chi connectivity index (χ0n) is 16.4. The minimum atomic E-state index is -0.431. The summed E-state index contributed by atoms with van der Waals surface area (Å²) >= 11 is 0. The Hall–Kier alpha value is -3.22. The Labute approximate surface area is 169 Å². The molecule has 2 aromatic heterocycles. The molecule has 1 aliphatic rings. The van der Waals surface area contributed by atoms with E-state index >= 15 is 0 Å². The van der Waals surface area contributed by atoms with E-state index in [9.17, 15) is 4.39 Å². The van der Waals surface area contributed by atoms with Crippen LogP contribution < -0.4 is 15.4 Å². The highest BCUT2D eigenvalue weighted by molar-refractivity contribution is 5.67. The molecule has 4 rings (SSSR count). The van der Waals surface area contributed by atoms with Gasteiger partial charge in [-0.2, -0.15) is 4.98 Å². The molecule has 0 radical (unpaired) electrons. The first-order valence-corrected chi connectivity index (χ1v) is 9.88. The minimum absolute atomic E-state index is 0.203. The molecule has 29 heavy (non-hydrogen) atoms. The zero-order chi connectivity index (χ0) is 20.1. The molecule has 6 nitrogen and oxygen atoms in total. The fourth-order valence-electron chi connectivity index (χ4n) is 3.56. The molecule has 0 atom stereocenters. The lowest BCUT2D eigenvalue weighted by Crippen LogP contribution is -2.23. The SMILES string of the molecule is COc1ccc(Nc2cc(-c3cccnc3)nc(NC3CCCCC3)n2)cc1F. The monoisotopic (exact) mass is 393 g/mol. The Morgan fingerprint density at radius 3 is 2.66 bits per heavy atom. The van der Waals surface area contributed by atoms with Gasteiger partial charge in [-0.05, 0) is 37.1 Å². The molecule has 1 aliphatic carbocycles. The first kappa shape index (κ1) is 19.1. The normalized spacial score (nSPS) is 14.4. The Morgan fingerprint density at radius 1 is 1.07 bits per heavy atom. The van der Waals surface area contributed by atoms with Crippen LogP contribution in [0.1, 0.15) is 32.1 Å². The fourth-order valence-corrected chi connectivity index (χ4v) is 3.56. The van der Waals surface area contributed by atoms with Crippen molar-refractivity contribution in [1.29, 1.82) is 0 Å². The van der Waals surface area contributed by atoms with Gasteiger partial charge in [0.2, 0.25) is 5.95 Å². The van der Waals surface area contributed by atoms with Gasteiger partial charge in [0, 0.05) is 41.8 Å². The van der Waals surface area contributed by atoms with Gasteiger partial charge >= 0.3 is 0 Å². The van der Waals surface area contributed by atoms with E-state index in [0.717, 1.165) is 24.1 Å². The van der Waals surface area contributed by atoms with Crippen LogP contribution in [0.25, 0.3) is 11.3 Å². The van der Waals surface area contributed by atoms with Gasteiger partial charge in [-0.1, -0.05) is 19.3 Å². The van der Waals surface area contributed by atoms with Crippen LogP contribution in [0.15, 0.2) is 48.8 Å². The van der Waals surface area contributed by atoms with Crippen LogP contribution in [0.3, 0.4) is 0 Å². The maximum atomic E-state index is 14.1. The number of anilines is 3. The number of nitrogens with one attached hydrogen (secondary N) is 2. The Kier molecular flexibility index (Phi) is 5.84. The maximum Gasteiger partial charge on any atom is 0.225 e.